The van der Waals surface area contributed by atoms with Crippen molar-refractivity contribution in [3.05, 3.63) is 71.7 Å². The lowest BCUT2D eigenvalue weighted by Crippen LogP contribution is -2.30. The van der Waals surface area contributed by atoms with Crippen molar-refractivity contribution in [3.63, 3.8) is 0 Å². The number of furan rings is 2. The molecule has 4 aromatic rings. The van der Waals surface area contributed by atoms with Crippen LogP contribution in [-0.4, -0.2) is 20.9 Å². The molecule has 0 fully saturated rings. The smallest absolute Gasteiger partial charge is 0.227 e. The highest BCUT2D eigenvalue weighted by atomic mass is 32.1. The molecule has 0 aliphatic rings. The number of rotatable bonds is 8. The molecule has 4 aromatic heterocycles. The summed E-state index contributed by atoms with van der Waals surface area (Å²) in [7, 11) is 0. The summed E-state index contributed by atoms with van der Waals surface area (Å²) in [6, 6.07) is 11.1. The van der Waals surface area contributed by atoms with Crippen molar-refractivity contribution in [2.75, 3.05) is 0 Å². The molecule has 27 heavy (non-hydrogen) atoms. The number of carbonyl (C=O) groups is 1. The number of nitrogens with zero attached hydrogens (tertiary/aromatic N) is 3. The molecule has 0 radical (unpaired) electrons. The Bertz CT molecular complexity index is 923. The summed E-state index contributed by atoms with van der Waals surface area (Å²) in [5.41, 5.74) is 0. The van der Waals surface area contributed by atoms with E-state index in [1.54, 1.807) is 40.9 Å². The number of aromatic nitrogens is 2. The first kappa shape index (κ1) is 17.3. The summed E-state index contributed by atoms with van der Waals surface area (Å²) in [5.74, 6) is 2.39. The topological polar surface area (TPSA) is 85.5 Å². The molecule has 0 aliphatic carbocycles. The monoisotopic (exact) mass is 383 g/mol. The van der Waals surface area contributed by atoms with Crippen LogP contribution in [-0.2, 0) is 24.3 Å². The van der Waals surface area contributed by atoms with Gasteiger partial charge in [0.2, 0.25) is 17.6 Å². The second kappa shape index (κ2) is 8.05. The van der Waals surface area contributed by atoms with Crippen LogP contribution in [0.2, 0.25) is 0 Å². The Labute approximate surface area is 159 Å². The number of amides is 1. The van der Waals surface area contributed by atoms with E-state index in [4.69, 9.17) is 13.4 Å². The summed E-state index contributed by atoms with van der Waals surface area (Å²) in [5, 5.41) is 5.93. The molecule has 0 aliphatic heterocycles. The molecule has 0 aromatic carbocycles. The van der Waals surface area contributed by atoms with Crippen LogP contribution >= 0.6 is 11.3 Å². The van der Waals surface area contributed by atoms with E-state index < -0.39 is 0 Å². The van der Waals surface area contributed by atoms with Gasteiger partial charge in [0.15, 0.2) is 0 Å². The van der Waals surface area contributed by atoms with Crippen molar-refractivity contribution in [2.45, 2.75) is 25.9 Å². The Morgan fingerprint density at radius 1 is 1.04 bits per heavy atom. The Morgan fingerprint density at radius 3 is 2.37 bits per heavy atom. The average Bonchev–Trinajstić information content (AvgIpc) is 3.48. The van der Waals surface area contributed by atoms with Gasteiger partial charge in [0, 0.05) is 12.8 Å². The maximum Gasteiger partial charge on any atom is 0.227 e. The van der Waals surface area contributed by atoms with Crippen LogP contribution in [0.5, 0.6) is 0 Å². The minimum atomic E-state index is -0.0429. The lowest BCUT2D eigenvalue weighted by atomic mass is 10.2. The molecule has 1 amide bonds. The standard InChI is InChI=1S/C19H17N3O4S/c23-18(8-7-17-20-19(21-26-17)16-6-3-11-27-16)22(12-14-4-1-9-24-14)13-15-5-2-10-25-15/h1-6,9-11H,7-8,12-13H2. The number of hydrogen-bond donors (Lipinski definition) is 0. The fourth-order valence-corrected chi connectivity index (χ4v) is 3.30. The molecule has 138 valence electrons. The molecule has 4 rings (SSSR count). The molecule has 0 bridgehead atoms. The molecule has 0 N–H and O–H groups in total. The molecule has 0 unspecified atom stereocenters. The fourth-order valence-electron chi connectivity index (χ4n) is 2.65. The quantitative estimate of drug-likeness (QED) is 0.454. The molecule has 0 spiro atoms. The van der Waals surface area contributed by atoms with E-state index in [1.807, 2.05) is 29.6 Å². The second-order valence-corrected chi connectivity index (χ2v) is 6.85. The summed E-state index contributed by atoms with van der Waals surface area (Å²) in [6.07, 6.45) is 3.82. The van der Waals surface area contributed by atoms with Gasteiger partial charge in [-0.2, -0.15) is 4.98 Å². The van der Waals surface area contributed by atoms with E-state index in [1.165, 1.54) is 0 Å². The fraction of sp³-hybridized carbons (Fsp3) is 0.211. The lowest BCUT2D eigenvalue weighted by molar-refractivity contribution is -0.133. The Morgan fingerprint density at radius 2 is 1.78 bits per heavy atom. The van der Waals surface area contributed by atoms with Crippen molar-refractivity contribution in [1.29, 1.82) is 0 Å². The van der Waals surface area contributed by atoms with Gasteiger partial charge in [0.1, 0.15) is 11.5 Å². The van der Waals surface area contributed by atoms with Crippen molar-refractivity contribution in [1.82, 2.24) is 15.0 Å². The molecular formula is C19H17N3O4S. The molecular weight excluding hydrogens is 366 g/mol. The van der Waals surface area contributed by atoms with Crippen LogP contribution in [0.1, 0.15) is 23.8 Å². The van der Waals surface area contributed by atoms with Gasteiger partial charge >= 0.3 is 0 Å². The second-order valence-electron chi connectivity index (χ2n) is 5.90. The van der Waals surface area contributed by atoms with E-state index >= 15 is 0 Å². The maximum absolute atomic E-state index is 12.8. The third-order valence-corrected chi connectivity index (χ3v) is 4.83. The first-order valence-electron chi connectivity index (χ1n) is 8.47. The van der Waals surface area contributed by atoms with Crippen molar-refractivity contribution in [2.24, 2.45) is 0 Å². The zero-order valence-electron chi connectivity index (χ0n) is 14.4. The Kier molecular flexibility index (Phi) is 5.15. The van der Waals surface area contributed by atoms with E-state index in [9.17, 15) is 4.79 Å². The van der Waals surface area contributed by atoms with Crippen LogP contribution in [0.15, 0.2) is 67.7 Å². The first-order valence-corrected chi connectivity index (χ1v) is 9.35. The molecule has 8 heteroatoms. The van der Waals surface area contributed by atoms with Gasteiger partial charge in [-0.05, 0) is 35.7 Å². The minimum Gasteiger partial charge on any atom is -0.467 e. The highest BCUT2D eigenvalue weighted by Gasteiger charge is 2.19. The molecule has 0 atom stereocenters. The molecule has 0 saturated heterocycles. The van der Waals surface area contributed by atoms with Crippen molar-refractivity contribution in [3.8, 4) is 10.7 Å². The van der Waals surface area contributed by atoms with E-state index in [-0.39, 0.29) is 12.3 Å². The Balaban J connectivity index is 1.40. The van der Waals surface area contributed by atoms with E-state index in [0.717, 1.165) is 4.88 Å². The summed E-state index contributed by atoms with van der Waals surface area (Å²) in [6.45, 7) is 0.744. The van der Waals surface area contributed by atoms with Crippen molar-refractivity contribution < 1.29 is 18.2 Å². The SMILES string of the molecule is O=C(CCc1nc(-c2cccs2)no1)N(Cc1ccco1)Cc1ccco1. The van der Waals surface area contributed by atoms with Gasteiger partial charge in [0.05, 0.1) is 30.5 Å². The van der Waals surface area contributed by atoms with Crippen LogP contribution in [0.3, 0.4) is 0 Å². The molecule has 7 nitrogen and oxygen atoms in total. The third kappa shape index (κ3) is 4.35. The van der Waals surface area contributed by atoms with Crippen LogP contribution in [0.4, 0.5) is 0 Å². The van der Waals surface area contributed by atoms with Crippen molar-refractivity contribution >= 4 is 17.2 Å². The van der Waals surface area contributed by atoms with Gasteiger partial charge in [-0.15, -0.1) is 11.3 Å². The average molecular weight is 383 g/mol. The van der Waals surface area contributed by atoms with Gasteiger partial charge in [-0.25, -0.2) is 0 Å². The summed E-state index contributed by atoms with van der Waals surface area (Å²) < 4.78 is 16.0. The molecule has 0 saturated carbocycles. The van der Waals surface area contributed by atoms with Gasteiger partial charge in [0.25, 0.3) is 0 Å². The van der Waals surface area contributed by atoms with Gasteiger partial charge in [-0.3, -0.25) is 4.79 Å². The summed E-state index contributed by atoms with van der Waals surface area (Å²) in [4.78, 5) is 19.7. The highest BCUT2D eigenvalue weighted by Crippen LogP contribution is 2.21. The number of aryl methyl sites for hydroxylation is 1. The van der Waals surface area contributed by atoms with E-state index in [0.29, 0.717) is 42.7 Å². The number of carbonyl (C=O) groups excluding carboxylic acids is 1. The van der Waals surface area contributed by atoms with Crippen LogP contribution < -0.4 is 0 Å². The first-order chi connectivity index (χ1) is 13.3. The predicted molar refractivity (Wildman–Crippen MR) is 97.6 cm³/mol. The largest absolute Gasteiger partial charge is 0.467 e. The lowest BCUT2D eigenvalue weighted by Gasteiger charge is -2.20. The van der Waals surface area contributed by atoms with Gasteiger partial charge < -0.3 is 18.3 Å². The zero-order chi connectivity index (χ0) is 18.5. The Hall–Kier alpha value is -3.13. The molecule has 4 heterocycles. The summed E-state index contributed by atoms with van der Waals surface area (Å²) >= 11 is 1.54. The zero-order valence-corrected chi connectivity index (χ0v) is 15.2. The highest BCUT2D eigenvalue weighted by molar-refractivity contribution is 7.13. The number of thiophene rings is 1. The third-order valence-electron chi connectivity index (χ3n) is 3.97. The van der Waals surface area contributed by atoms with E-state index in [2.05, 4.69) is 10.1 Å². The van der Waals surface area contributed by atoms with Crippen LogP contribution in [0.25, 0.3) is 10.7 Å². The predicted octanol–water partition coefficient (Wildman–Crippen LogP) is 4.15. The minimum absolute atomic E-state index is 0.0429. The number of hydrogen-bond acceptors (Lipinski definition) is 7. The van der Waals surface area contributed by atoms with Gasteiger partial charge in [-0.1, -0.05) is 11.2 Å². The normalized spacial score (nSPS) is 11.0. The maximum atomic E-state index is 12.8. The van der Waals surface area contributed by atoms with Crippen LogP contribution in [0, 0.1) is 0 Å².